The molecule has 1 amide bonds. The minimum atomic E-state index is -0.231. The summed E-state index contributed by atoms with van der Waals surface area (Å²) in [6.07, 6.45) is 3.78. The third kappa shape index (κ3) is 4.39. The predicted molar refractivity (Wildman–Crippen MR) is 115 cm³/mol. The molecule has 0 unspecified atom stereocenters. The lowest BCUT2D eigenvalue weighted by Crippen LogP contribution is -2.50. The van der Waals surface area contributed by atoms with Crippen LogP contribution in [0, 0.1) is 18.7 Å². The van der Waals surface area contributed by atoms with Gasteiger partial charge in [-0.1, -0.05) is 12.1 Å². The first kappa shape index (κ1) is 20.6. The van der Waals surface area contributed by atoms with Crippen molar-refractivity contribution in [3.05, 3.63) is 52.6 Å². The zero-order valence-electron chi connectivity index (χ0n) is 18.2. The first-order valence-corrected chi connectivity index (χ1v) is 11.5. The first-order chi connectivity index (χ1) is 15.1. The lowest BCUT2D eigenvalue weighted by molar-refractivity contribution is -0.134. The molecule has 31 heavy (non-hydrogen) atoms. The summed E-state index contributed by atoms with van der Waals surface area (Å²) < 4.78 is 20.7. The number of carbonyl (C=O) groups is 1. The number of carbonyl (C=O) groups excluding carboxylic acids is 1. The fourth-order valence-electron chi connectivity index (χ4n) is 5.27. The Morgan fingerprint density at radius 1 is 1.16 bits per heavy atom. The average molecular weight is 427 g/mol. The van der Waals surface area contributed by atoms with E-state index in [-0.39, 0.29) is 11.7 Å². The van der Waals surface area contributed by atoms with Gasteiger partial charge < -0.3 is 9.64 Å². The average Bonchev–Trinajstić information content (AvgIpc) is 3.07. The lowest BCUT2D eigenvalue weighted by atomic mass is 9.77. The van der Waals surface area contributed by atoms with Crippen LogP contribution in [-0.2, 0) is 29.0 Å². The second-order valence-corrected chi connectivity index (χ2v) is 9.20. The fraction of sp³-hybridized carbons (Fsp3) is 0.583. The molecule has 1 saturated heterocycles. The van der Waals surface area contributed by atoms with E-state index in [1.165, 1.54) is 17.7 Å². The minimum absolute atomic E-state index is 0.231. The van der Waals surface area contributed by atoms with E-state index in [0.29, 0.717) is 31.5 Å². The van der Waals surface area contributed by atoms with Gasteiger partial charge in [0, 0.05) is 32.1 Å². The van der Waals surface area contributed by atoms with E-state index in [2.05, 4.69) is 4.90 Å². The van der Waals surface area contributed by atoms with E-state index in [9.17, 15) is 9.18 Å². The van der Waals surface area contributed by atoms with E-state index in [1.54, 1.807) is 12.1 Å². The van der Waals surface area contributed by atoms with Gasteiger partial charge in [0.05, 0.1) is 37.7 Å². The lowest BCUT2D eigenvalue weighted by Gasteiger charge is -2.44. The van der Waals surface area contributed by atoms with E-state index in [4.69, 9.17) is 9.84 Å². The van der Waals surface area contributed by atoms with Gasteiger partial charge >= 0.3 is 0 Å². The Bertz CT molecular complexity index is 930. The molecule has 7 heteroatoms. The molecule has 1 aliphatic carbocycles. The summed E-state index contributed by atoms with van der Waals surface area (Å²) in [5, 5.41) is 4.72. The monoisotopic (exact) mass is 426 g/mol. The highest BCUT2D eigenvalue weighted by Gasteiger charge is 2.36. The molecule has 3 aliphatic rings. The molecular formula is C24H31FN4O2. The van der Waals surface area contributed by atoms with Crippen LogP contribution >= 0.6 is 0 Å². The van der Waals surface area contributed by atoms with Crippen LogP contribution in [0.3, 0.4) is 0 Å². The number of morpholine rings is 1. The first-order valence-electron chi connectivity index (χ1n) is 11.5. The Hall–Kier alpha value is -2.25. The number of aromatic nitrogens is 2. The van der Waals surface area contributed by atoms with Gasteiger partial charge in [-0.25, -0.2) is 4.39 Å². The smallest absolute Gasteiger partial charge is 0.223 e. The predicted octanol–water partition coefficient (Wildman–Crippen LogP) is 2.76. The standard InChI is InChI=1S/C24H31FN4O2/c1-17-22-6-7-28(16-23(22)29(26-17)15-18-2-4-20(25)5-3-18)24(30)14-19-12-21(13-19)27-8-10-31-11-9-27/h2-5,19,21H,6-16H2,1H3. The zero-order chi connectivity index (χ0) is 21.4. The maximum atomic E-state index is 13.2. The van der Waals surface area contributed by atoms with E-state index in [1.807, 2.05) is 16.5 Å². The number of hydrogen-bond acceptors (Lipinski definition) is 4. The summed E-state index contributed by atoms with van der Waals surface area (Å²) in [5.74, 6) is 0.543. The molecule has 0 atom stereocenters. The molecule has 166 valence electrons. The number of rotatable bonds is 5. The van der Waals surface area contributed by atoms with Crippen molar-refractivity contribution in [1.29, 1.82) is 0 Å². The molecule has 0 bridgehead atoms. The quantitative estimate of drug-likeness (QED) is 0.738. The normalized spacial score (nSPS) is 24.0. The summed E-state index contributed by atoms with van der Waals surface area (Å²) in [6.45, 7) is 7.75. The third-order valence-corrected chi connectivity index (χ3v) is 7.17. The van der Waals surface area contributed by atoms with Crippen molar-refractivity contribution in [3.8, 4) is 0 Å². The Balaban J connectivity index is 1.19. The van der Waals surface area contributed by atoms with Crippen molar-refractivity contribution < 1.29 is 13.9 Å². The molecule has 5 rings (SSSR count). The number of nitrogens with zero attached hydrogens (tertiary/aromatic N) is 4. The summed E-state index contributed by atoms with van der Waals surface area (Å²) in [6, 6.07) is 7.19. The van der Waals surface area contributed by atoms with Gasteiger partial charge in [0.1, 0.15) is 5.82 Å². The number of amides is 1. The highest BCUT2D eigenvalue weighted by atomic mass is 19.1. The van der Waals surface area contributed by atoms with Gasteiger partial charge in [0.15, 0.2) is 0 Å². The highest BCUT2D eigenvalue weighted by Crippen LogP contribution is 2.35. The second kappa shape index (κ2) is 8.71. The number of aryl methyl sites for hydroxylation is 1. The Morgan fingerprint density at radius 3 is 2.65 bits per heavy atom. The highest BCUT2D eigenvalue weighted by molar-refractivity contribution is 5.77. The molecule has 0 spiro atoms. The number of ether oxygens (including phenoxy) is 1. The van der Waals surface area contributed by atoms with Crippen molar-refractivity contribution in [2.45, 2.75) is 51.7 Å². The van der Waals surface area contributed by atoms with Gasteiger partial charge in [0.2, 0.25) is 5.91 Å². The van der Waals surface area contributed by atoms with E-state index in [0.717, 1.165) is 69.1 Å². The van der Waals surface area contributed by atoms with Gasteiger partial charge in [-0.2, -0.15) is 5.10 Å². The fourth-order valence-corrected chi connectivity index (χ4v) is 5.27. The van der Waals surface area contributed by atoms with Crippen LogP contribution in [0.2, 0.25) is 0 Å². The summed E-state index contributed by atoms with van der Waals surface area (Å²) >= 11 is 0. The van der Waals surface area contributed by atoms with Gasteiger partial charge in [0.25, 0.3) is 0 Å². The molecule has 3 heterocycles. The van der Waals surface area contributed by atoms with Crippen molar-refractivity contribution >= 4 is 5.91 Å². The maximum absolute atomic E-state index is 13.2. The summed E-state index contributed by atoms with van der Waals surface area (Å²) in [5.41, 5.74) is 4.44. The van der Waals surface area contributed by atoms with Crippen LogP contribution in [0.4, 0.5) is 4.39 Å². The van der Waals surface area contributed by atoms with Crippen LogP contribution in [-0.4, -0.2) is 64.4 Å². The molecule has 1 aromatic heterocycles. The largest absolute Gasteiger partial charge is 0.379 e. The molecule has 1 saturated carbocycles. The van der Waals surface area contributed by atoms with Crippen molar-refractivity contribution in [3.63, 3.8) is 0 Å². The SMILES string of the molecule is Cc1nn(Cc2ccc(F)cc2)c2c1CCN(C(=O)CC1CC(N3CCOCC3)C1)C2. The molecule has 2 fully saturated rings. The van der Waals surface area contributed by atoms with Gasteiger partial charge in [-0.3, -0.25) is 14.4 Å². The molecule has 6 nitrogen and oxygen atoms in total. The molecule has 2 aliphatic heterocycles. The maximum Gasteiger partial charge on any atom is 0.223 e. The number of benzene rings is 1. The van der Waals surface area contributed by atoms with Gasteiger partial charge in [-0.05, 0) is 55.4 Å². The summed E-state index contributed by atoms with van der Waals surface area (Å²) in [7, 11) is 0. The Kier molecular flexibility index (Phi) is 5.80. The van der Waals surface area contributed by atoms with Crippen molar-refractivity contribution in [2.75, 3.05) is 32.8 Å². The molecule has 1 aromatic carbocycles. The van der Waals surface area contributed by atoms with Crippen LogP contribution in [0.25, 0.3) is 0 Å². The Morgan fingerprint density at radius 2 is 1.90 bits per heavy atom. The molecular weight excluding hydrogens is 395 g/mol. The minimum Gasteiger partial charge on any atom is -0.379 e. The molecule has 0 N–H and O–H groups in total. The van der Waals surface area contributed by atoms with Crippen LogP contribution in [0.15, 0.2) is 24.3 Å². The zero-order valence-corrected chi connectivity index (χ0v) is 18.2. The number of halogens is 1. The molecule has 2 aromatic rings. The van der Waals surface area contributed by atoms with E-state index < -0.39 is 0 Å². The van der Waals surface area contributed by atoms with Crippen molar-refractivity contribution in [1.82, 2.24) is 19.6 Å². The second-order valence-electron chi connectivity index (χ2n) is 9.20. The van der Waals surface area contributed by atoms with Crippen LogP contribution in [0.1, 0.15) is 41.8 Å². The number of fused-ring (bicyclic) bond motifs is 1. The molecule has 0 radical (unpaired) electrons. The number of hydrogen-bond donors (Lipinski definition) is 0. The van der Waals surface area contributed by atoms with Crippen LogP contribution < -0.4 is 0 Å². The third-order valence-electron chi connectivity index (χ3n) is 7.17. The Labute approximate surface area is 183 Å². The van der Waals surface area contributed by atoms with Crippen molar-refractivity contribution in [2.24, 2.45) is 5.92 Å². The summed E-state index contributed by atoms with van der Waals surface area (Å²) in [4.78, 5) is 17.6. The van der Waals surface area contributed by atoms with Crippen LogP contribution in [0.5, 0.6) is 0 Å². The topological polar surface area (TPSA) is 50.6 Å². The van der Waals surface area contributed by atoms with Gasteiger partial charge in [-0.15, -0.1) is 0 Å². The van der Waals surface area contributed by atoms with E-state index >= 15 is 0 Å².